The molecule has 2 aromatic heterocycles. The first-order valence-corrected chi connectivity index (χ1v) is 10.3. The summed E-state index contributed by atoms with van der Waals surface area (Å²) >= 11 is 1.39. The Hall–Kier alpha value is -2.71. The normalized spacial score (nSPS) is 19.5. The third-order valence-electron chi connectivity index (χ3n) is 4.96. The number of methoxy groups -OCH3 is 1. The number of hydrogen-bond acceptors (Lipinski definition) is 6. The number of carbonyl (C=O) groups excluding carboxylic acids is 1. The maximum Gasteiger partial charge on any atom is 0.271 e. The van der Waals surface area contributed by atoms with Gasteiger partial charge >= 0.3 is 0 Å². The molecule has 152 valence electrons. The molecule has 1 fully saturated rings. The third kappa shape index (κ3) is 4.04. The molecule has 3 heterocycles. The first-order valence-electron chi connectivity index (χ1n) is 9.51. The highest BCUT2D eigenvalue weighted by molar-refractivity contribution is 7.22. The van der Waals surface area contributed by atoms with Gasteiger partial charge in [-0.2, -0.15) is 0 Å². The maximum absolute atomic E-state index is 12.9. The predicted molar refractivity (Wildman–Crippen MR) is 112 cm³/mol. The summed E-state index contributed by atoms with van der Waals surface area (Å²) in [5.74, 6) is 0.683. The molecule has 1 saturated heterocycles. The van der Waals surface area contributed by atoms with E-state index in [4.69, 9.17) is 9.47 Å². The molecule has 0 spiro atoms. The molecule has 0 unspecified atom stereocenters. The number of carbonyl (C=O) groups is 1. The van der Waals surface area contributed by atoms with E-state index in [9.17, 15) is 9.59 Å². The fourth-order valence-electron chi connectivity index (χ4n) is 3.58. The first-order chi connectivity index (χ1) is 13.9. The number of nitrogens with zero attached hydrogens (tertiary/aromatic N) is 3. The second kappa shape index (κ2) is 7.96. The smallest absolute Gasteiger partial charge is 0.271 e. The van der Waals surface area contributed by atoms with Crippen molar-refractivity contribution in [3.8, 4) is 16.2 Å². The summed E-state index contributed by atoms with van der Waals surface area (Å²) in [6, 6.07) is 9.57. The summed E-state index contributed by atoms with van der Waals surface area (Å²) in [5, 5.41) is 0. The molecule has 1 aromatic carbocycles. The zero-order valence-electron chi connectivity index (χ0n) is 16.6. The molecule has 1 aliphatic heterocycles. The molecule has 0 radical (unpaired) electrons. The Morgan fingerprint density at radius 1 is 1.24 bits per heavy atom. The first kappa shape index (κ1) is 19.6. The highest BCUT2D eigenvalue weighted by Gasteiger charge is 2.26. The van der Waals surface area contributed by atoms with Crippen LogP contribution in [0.15, 0.2) is 41.5 Å². The van der Waals surface area contributed by atoms with E-state index >= 15 is 0 Å². The Balaban J connectivity index is 1.59. The number of fused-ring (bicyclic) bond motifs is 1. The van der Waals surface area contributed by atoms with Crippen molar-refractivity contribution in [3.63, 3.8) is 0 Å². The van der Waals surface area contributed by atoms with Crippen LogP contribution in [0.1, 0.15) is 13.8 Å². The van der Waals surface area contributed by atoms with Crippen molar-refractivity contribution in [2.45, 2.75) is 32.6 Å². The molecule has 0 saturated carbocycles. The number of aromatic nitrogens is 2. The molecular weight excluding hydrogens is 390 g/mol. The maximum atomic E-state index is 12.9. The van der Waals surface area contributed by atoms with E-state index in [2.05, 4.69) is 4.98 Å². The van der Waals surface area contributed by atoms with Gasteiger partial charge in [0.2, 0.25) is 5.91 Å². The zero-order chi connectivity index (χ0) is 20.5. The monoisotopic (exact) mass is 413 g/mol. The van der Waals surface area contributed by atoms with Crippen LogP contribution in [-0.4, -0.2) is 52.8 Å². The topological polar surface area (TPSA) is 73.7 Å². The Morgan fingerprint density at radius 2 is 1.93 bits per heavy atom. The van der Waals surface area contributed by atoms with Crippen molar-refractivity contribution in [2.75, 3.05) is 20.2 Å². The molecule has 3 aromatic rings. The average molecular weight is 413 g/mol. The van der Waals surface area contributed by atoms with Gasteiger partial charge in [0.05, 0.1) is 31.2 Å². The SMILES string of the molecule is COc1ccc(-c2cc3ncn(CC(=O)N4C[C@@H](C)O[C@H](C)C4)c(=O)c3s2)cc1. The van der Waals surface area contributed by atoms with E-state index < -0.39 is 0 Å². The summed E-state index contributed by atoms with van der Waals surface area (Å²) in [7, 11) is 1.63. The number of benzene rings is 1. The van der Waals surface area contributed by atoms with E-state index in [-0.39, 0.29) is 30.2 Å². The van der Waals surface area contributed by atoms with Crippen molar-refractivity contribution in [2.24, 2.45) is 0 Å². The van der Waals surface area contributed by atoms with Crippen molar-refractivity contribution in [1.29, 1.82) is 0 Å². The molecule has 7 nitrogen and oxygen atoms in total. The van der Waals surface area contributed by atoms with Gasteiger partial charge < -0.3 is 14.4 Å². The second-order valence-corrected chi connectivity index (χ2v) is 8.34. The predicted octanol–water partition coefficient (Wildman–Crippen LogP) is 2.77. The van der Waals surface area contributed by atoms with E-state index in [0.29, 0.717) is 23.3 Å². The van der Waals surface area contributed by atoms with Crippen LogP contribution in [0.4, 0.5) is 0 Å². The molecule has 4 rings (SSSR count). The quantitative estimate of drug-likeness (QED) is 0.658. The van der Waals surface area contributed by atoms with Crippen LogP contribution in [0.25, 0.3) is 20.7 Å². The molecule has 0 bridgehead atoms. The lowest BCUT2D eigenvalue weighted by Crippen LogP contribution is -2.49. The molecule has 0 aliphatic carbocycles. The Labute approximate surface area is 172 Å². The lowest BCUT2D eigenvalue weighted by Gasteiger charge is -2.35. The van der Waals surface area contributed by atoms with Crippen molar-refractivity contribution in [3.05, 3.63) is 47.0 Å². The fraction of sp³-hybridized carbons (Fsp3) is 0.381. The van der Waals surface area contributed by atoms with Crippen LogP contribution in [0, 0.1) is 0 Å². The van der Waals surface area contributed by atoms with Crippen LogP contribution in [0.5, 0.6) is 5.75 Å². The number of thiophene rings is 1. The molecule has 1 aliphatic rings. The largest absolute Gasteiger partial charge is 0.497 e. The summed E-state index contributed by atoms with van der Waals surface area (Å²) in [4.78, 5) is 32.8. The molecule has 8 heteroatoms. The number of amides is 1. The van der Waals surface area contributed by atoms with Crippen molar-refractivity contribution >= 4 is 27.5 Å². The Morgan fingerprint density at radius 3 is 2.59 bits per heavy atom. The minimum atomic E-state index is -0.192. The van der Waals surface area contributed by atoms with Gasteiger partial charge in [-0.05, 0) is 49.7 Å². The van der Waals surface area contributed by atoms with E-state index in [1.165, 1.54) is 22.2 Å². The third-order valence-corrected chi connectivity index (χ3v) is 6.12. The lowest BCUT2D eigenvalue weighted by molar-refractivity contribution is -0.143. The van der Waals surface area contributed by atoms with Gasteiger partial charge in [0.1, 0.15) is 17.0 Å². The van der Waals surface area contributed by atoms with Gasteiger partial charge in [-0.1, -0.05) is 0 Å². The van der Waals surface area contributed by atoms with E-state index in [1.807, 2.05) is 44.2 Å². The van der Waals surface area contributed by atoms with Crippen LogP contribution in [0.2, 0.25) is 0 Å². The minimum Gasteiger partial charge on any atom is -0.497 e. The minimum absolute atomic E-state index is 0.00984. The highest BCUT2D eigenvalue weighted by atomic mass is 32.1. The van der Waals surface area contributed by atoms with Crippen LogP contribution in [0.3, 0.4) is 0 Å². The zero-order valence-corrected chi connectivity index (χ0v) is 17.4. The molecule has 1 amide bonds. The van der Waals surface area contributed by atoms with Gasteiger partial charge in [-0.25, -0.2) is 4.98 Å². The second-order valence-electron chi connectivity index (χ2n) is 7.29. The molecule has 29 heavy (non-hydrogen) atoms. The summed E-state index contributed by atoms with van der Waals surface area (Å²) in [6.07, 6.45) is 1.44. The van der Waals surface area contributed by atoms with Gasteiger partial charge in [0, 0.05) is 18.0 Å². The summed E-state index contributed by atoms with van der Waals surface area (Å²) < 4.78 is 12.8. The van der Waals surface area contributed by atoms with Crippen LogP contribution in [-0.2, 0) is 16.1 Å². The van der Waals surface area contributed by atoms with Gasteiger partial charge in [-0.15, -0.1) is 11.3 Å². The van der Waals surface area contributed by atoms with Crippen molar-refractivity contribution < 1.29 is 14.3 Å². The average Bonchev–Trinajstić information content (AvgIpc) is 3.14. The number of rotatable bonds is 4. The van der Waals surface area contributed by atoms with Crippen LogP contribution < -0.4 is 10.3 Å². The fourth-order valence-corrected chi connectivity index (χ4v) is 4.65. The van der Waals surface area contributed by atoms with E-state index in [1.54, 1.807) is 12.0 Å². The number of morpholine rings is 1. The van der Waals surface area contributed by atoms with Gasteiger partial charge in [0.15, 0.2) is 0 Å². The lowest BCUT2D eigenvalue weighted by atomic mass is 10.2. The van der Waals surface area contributed by atoms with E-state index in [0.717, 1.165) is 16.2 Å². The molecule has 2 atom stereocenters. The highest BCUT2D eigenvalue weighted by Crippen LogP contribution is 2.31. The summed E-state index contributed by atoms with van der Waals surface area (Å²) in [5.41, 5.74) is 1.44. The van der Waals surface area contributed by atoms with Gasteiger partial charge in [0.25, 0.3) is 5.56 Å². The van der Waals surface area contributed by atoms with Gasteiger partial charge in [-0.3, -0.25) is 14.2 Å². The molecular formula is C21H23N3O4S. The number of hydrogen-bond donors (Lipinski definition) is 0. The molecule has 0 N–H and O–H groups in total. The standard InChI is InChI=1S/C21H23N3O4S/c1-13-9-23(10-14(2)28-13)19(25)11-24-12-22-17-8-18(29-20(17)21(24)26)15-4-6-16(27-3)7-5-15/h4-8,12-14H,9-11H2,1-3H3/t13-,14-/m1/s1. The number of ether oxygens (including phenoxy) is 2. The van der Waals surface area contributed by atoms with Crippen LogP contribution >= 0.6 is 11.3 Å². The summed E-state index contributed by atoms with van der Waals surface area (Å²) in [6.45, 7) is 4.95. The van der Waals surface area contributed by atoms with Crippen molar-refractivity contribution in [1.82, 2.24) is 14.5 Å². The Kier molecular flexibility index (Phi) is 5.38. The Bertz CT molecular complexity index is 1080.